The molecule has 5 nitrogen and oxygen atoms in total. The van der Waals surface area contributed by atoms with Crippen molar-refractivity contribution in [3.63, 3.8) is 0 Å². The van der Waals surface area contributed by atoms with Gasteiger partial charge in [0.05, 0.1) is 6.42 Å². The van der Waals surface area contributed by atoms with Crippen molar-refractivity contribution in [1.29, 1.82) is 0 Å². The summed E-state index contributed by atoms with van der Waals surface area (Å²) in [6.45, 7) is 0.147. The third kappa shape index (κ3) is 3.30. The minimum Gasteiger partial charge on any atom is -0.330 e. The Balaban J connectivity index is 3.98. The van der Waals surface area contributed by atoms with E-state index in [2.05, 4.69) is 0 Å². The molecule has 0 bridgehead atoms. The summed E-state index contributed by atoms with van der Waals surface area (Å²) < 4.78 is 20.6. The van der Waals surface area contributed by atoms with Crippen LogP contribution in [0.3, 0.4) is 0 Å². The lowest BCUT2D eigenvalue weighted by molar-refractivity contribution is 0.475. The van der Waals surface area contributed by atoms with E-state index in [4.69, 9.17) is 15.5 Å². The van der Waals surface area contributed by atoms with Crippen LogP contribution in [0, 0.1) is 0 Å². The lowest BCUT2D eigenvalue weighted by atomic mass is 10.5. The zero-order valence-electron chi connectivity index (χ0n) is 5.17. The molecule has 4 N–H and O–H groups in total. The summed E-state index contributed by atoms with van der Waals surface area (Å²) in [5, 5.41) is -1.06. The van der Waals surface area contributed by atoms with Gasteiger partial charge in [0.25, 0.3) is 0 Å². The standard InChI is InChI=1S/C3H7NO4P2/c4-2-1-3(9(5)6)10(7)8/h3H,1-2,4H2/p+2. The molecule has 0 heterocycles. The summed E-state index contributed by atoms with van der Waals surface area (Å²) in [6, 6.07) is 0. The smallest absolute Gasteiger partial charge is 0.330 e. The van der Waals surface area contributed by atoms with Crippen molar-refractivity contribution in [2.45, 2.75) is 11.8 Å². The highest BCUT2D eigenvalue weighted by Gasteiger charge is 2.46. The van der Waals surface area contributed by atoms with E-state index in [0.717, 1.165) is 0 Å². The van der Waals surface area contributed by atoms with Crippen LogP contribution in [0.5, 0.6) is 0 Å². The molecule has 0 saturated heterocycles. The highest BCUT2D eigenvalue weighted by Crippen LogP contribution is 2.41. The van der Waals surface area contributed by atoms with Gasteiger partial charge in [-0.25, -0.2) is 0 Å². The maximum absolute atomic E-state index is 10.3. The first-order chi connectivity index (χ1) is 4.59. The average Bonchev–Trinajstić information content (AvgIpc) is 1.81. The van der Waals surface area contributed by atoms with Crippen molar-refractivity contribution < 1.29 is 18.9 Å². The van der Waals surface area contributed by atoms with Gasteiger partial charge in [0, 0.05) is 6.54 Å². The van der Waals surface area contributed by atoms with Gasteiger partial charge in [0.1, 0.15) is 0 Å². The summed E-state index contributed by atoms with van der Waals surface area (Å²) in [4.78, 5) is 16.8. The topological polar surface area (TPSA) is 101 Å². The number of hydrogen-bond donors (Lipinski definition) is 3. The maximum atomic E-state index is 10.3. The van der Waals surface area contributed by atoms with E-state index in [-0.39, 0.29) is 13.0 Å². The van der Waals surface area contributed by atoms with E-state index in [9.17, 15) is 9.13 Å². The van der Waals surface area contributed by atoms with Gasteiger partial charge >= 0.3 is 21.5 Å². The van der Waals surface area contributed by atoms with Crippen LogP contribution in [-0.4, -0.2) is 21.7 Å². The van der Waals surface area contributed by atoms with Gasteiger partial charge in [-0.15, -0.1) is 0 Å². The van der Waals surface area contributed by atoms with Gasteiger partial charge in [0.15, 0.2) is 0 Å². The molecular formula is C3H9NO4P2+2. The van der Waals surface area contributed by atoms with E-state index in [1.54, 1.807) is 0 Å². The average molecular weight is 185 g/mol. The Morgan fingerprint density at radius 2 is 1.70 bits per heavy atom. The molecule has 0 fully saturated rings. The zero-order valence-corrected chi connectivity index (χ0v) is 6.96. The molecule has 0 spiro atoms. The second-order valence-corrected chi connectivity index (χ2v) is 4.53. The third-order valence-corrected chi connectivity index (χ3v) is 3.66. The second-order valence-electron chi connectivity index (χ2n) is 1.66. The molecule has 58 valence electrons. The first kappa shape index (κ1) is 10.1. The van der Waals surface area contributed by atoms with Crippen LogP contribution >= 0.6 is 16.1 Å². The van der Waals surface area contributed by atoms with Crippen LogP contribution in [0.25, 0.3) is 0 Å². The minimum atomic E-state index is -2.57. The van der Waals surface area contributed by atoms with Crippen molar-refractivity contribution in [2.24, 2.45) is 5.73 Å². The fourth-order valence-corrected chi connectivity index (χ4v) is 1.87. The predicted molar refractivity (Wildman–Crippen MR) is 37.1 cm³/mol. The van der Waals surface area contributed by atoms with Gasteiger partial charge in [-0.3, -0.25) is 0 Å². The predicted octanol–water partition coefficient (Wildman–Crippen LogP) is 0.131. The number of rotatable bonds is 4. The summed E-state index contributed by atoms with van der Waals surface area (Å²) in [5.41, 5.74) is 5.03. The minimum absolute atomic E-state index is 0.109. The van der Waals surface area contributed by atoms with E-state index in [0.29, 0.717) is 0 Å². The molecule has 0 aliphatic heterocycles. The van der Waals surface area contributed by atoms with Crippen LogP contribution in [0.1, 0.15) is 6.42 Å². The van der Waals surface area contributed by atoms with Gasteiger partial charge in [0.2, 0.25) is 0 Å². The Labute approximate surface area is 60.0 Å². The first-order valence-corrected chi connectivity index (χ1v) is 5.16. The number of nitrogens with two attached hydrogens (primary N) is 1. The monoisotopic (exact) mass is 185 g/mol. The van der Waals surface area contributed by atoms with E-state index >= 15 is 0 Å². The second kappa shape index (κ2) is 4.83. The SMILES string of the molecule is NCCC([P+](=O)O)[P+](=O)O. The number of hydrogen-bond acceptors (Lipinski definition) is 3. The molecule has 0 aliphatic carbocycles. The molecule has 7 heteroatoms. The third-order valence-electron chi connectivity index (χ3n) is 0.935. The summed E-state index contributed by atoms with van der Waals surface area (Å²) >= 11 is 0. The quantitative estimate of drug-likeness (QED) is 0.540. The summed E-state index contributed by atoms with van der Waals surface area (Å²) in [7, 11) is -5.15. The lowest BCUT2D eigenvalue weighted by Gasteiger charge is -1.84. The molecule has 2 unspecified atom stereocenters. The highest BCUT2D eigenvalue weighted by atomic mass is 31.2. The maximum Gasteiger partial charge on any atom is 0.564 e. The van der Waals surface area contributed by atoms with Crippen molar-refractivity contribution in [3.8, 4) is 0 Å². The Bertz CT molecular complexity index is 135. The fourth-order valence-electron chi connectivity index (χ4n) is 0.454. The normalized spacial score (nSPS) is 16.3. The van der Waals surface area contributed by atoms with Crippen LogP contribution in [0.4, 0.5) is 0 Å². The molecule has 0 amide bonds. The molecule has 2 atom stereocenters. The largest absolute Gasteiger partial charge is 0.564 e. The lowest BCUT2D eigenvalue weighted by Crippen LogP contribution is -2.06. The molecule has 0 aliphatic rings. The van der Waals surface area contributed by atoms with E-state index in [1.165, 1.54) is 0 Å². The first-order valence-electron chi connectivity index (χ1n) is 2.60. The van der Waals surface area contributed by atoms with Crippen LogP contribution < -0.4 is 5.73 Å². The van der Waals surface area contributed by atoms with E-state index < -0.39 is 21.5 Å². The molecule has 10 heavy (non-hydrogen) atoms. The molecular weight excluding hydrogens is 176 g/mol. The van der Waals surface area contributed by atoms with Crippen molar-refractivity contribution >= 4 is 16.1 Å². The van der Waals surface area contributed by atoms with Crippen LogP contribution in [0.2, 0.25) is 0 Å². The van der Waals surface area contributed by atoms with Crippen LogP contribution in [0.15, 0.2) is 0 Å². The zero-order chi connectivity index (χ0) is 8.15. The molecule has 0 saturated carbocycles. The Morgan fingerprint density at radius 1 is 1.30 bits per heavy atom. The van der Waals surface area contributed by atoms with Crippen molar-refractivity contribution in [2.75, 3.05) is 6.54 Å². The van der Waals surface area contributed by atoms with Gasteiger partial charge in [-0.05, 0) is 9.13 Å². The molecule has 0 radical (unpaired) electrons. The summed E-state index contributed by atoms with van der Waals surface area (Å²) in [6.07, 6.45) is 0.109. The van der Waals surface area contributed by atoms with Gasteiger partial charge < -0.3 is 5.73 Å². The molecule has 0 rings (SSSR count). The Hall–Kier alpha value is 0.0800. The Kier molecular flexibility index (Phi) is 4.87. The van der Waals surface area contributed by atoms with Gasteiger partial charge in [-0.2, -0.15) is 9.79 Å². The Morgan fingerprint density at radius 3 is 1.80 bits per heavy atom. The fraction of sp³-hybridized carbons (Fsp3) is 1.00. The van der Waals surface area contributed by atoms with Crippen LogP contribution in [-0.2, 0) is 9.13 Å². The molecule has 0 aromatic heterocycles. The summed E-state index contributed by atoms with van der Waals surface area (Å²) in [5.74, 6) is 0. The van der Waals surface area contributed by atoms with Gasteiger partial charge in [-0.1, -0.05) is 0 Å². The van der Waals surface area contributed by atoms with E-state index in [1.807, 2.05) is 0 Å². The van der Waals surface area contributed by atoms with Crippen molar-refractivity contribution in [3.05, 3.63) is 0 Å². The molecule has 0 aromatic carbocycles. The molecule has 0 aromatic rings. The highest BCUT2D eigenvalue weighted by molar-refractivity contribution is 7.57. The van der Waals surface area contributed by atoms with Crippen molar-refractivity contribution in [1.82, 2.24) is 0 Å².